The monoisotopic (exact) mass is 503 g/mol. The highest BCUT2D eigenvalue weighted by Gasteiger charge is 2.47. The number of methoxy groups -OCH3 is 1. The number of aliphatic hydroxyl groups is 1. The number of alkyl halides is 3. The predicted molar refractivity (Wildman–Crippen MR) is 119 cm³/mol. The number of anilines is 1. The molecule has 0 bridgehead atoms. The van der Waals surface area contributed by atoms with Crippen LogP contribution in [0.5, 0.6) is 17.2 Å². The summed E-state index contributed by atoms with van der Waals surface area (Å²) in [4.78, 5) is 27.2. The van der Waals surface area contributed by atoms with Crippen LogP contribution < -0.4 is 14.4 Å². The maximum atomic E-state index is 14.0. The number of hydrogen-bond acceptors (Lipinski definition) is 6. The summed E-state index contributed by atoms with van der Waals surface area (Å²) in [6.07, 6.45) is -4.93. The number of ether oxygens (including phenoxy) is 2. The van der Waals surface area contributed by atoms with Crippen molar-refractivity contribution in [2.45, 2.75) is 12.4 Å². The first kappa shape index (κ1) is 24.6. The van der Waals surface area contributed by atoms with E-state index in [0.717, 1.165) is 41.3 Å². The zero-order valence-electron chi connectivity index (χ0n) is 18.4. The molecule has 1 unspecified atom stereocenters. The number of Topliss-reactive ketones (excluding diaryl/α,β-unsaturated/α-hetero) is 1. The third-order valence-electron chi connectivity index (χ3n) is 5.42. The first-order valence-electron chi connectivity index (χ1n) is 10.3. The number of carbonyl (C=O) groups excluding carboxylic acids is 2. The van der Waals surface area contributed by atoms with Gasteiger partial charge in [0, 0.05) is 5.69 Å². The number of carbonyl (C=O) groups is 2. The Labute approximate surface area is 201 Å². The first-order valence-corrected chi connectivity index (χ1v) is 10.3. The molecule has 1 amide bonds. The minimum atomic E-state index is -4.93. The van der Waals surface area contributed by atoms with E-state index in [2.05, 4.69) is 4.74 Å². The lowest BCUT2D eigenvalue weighted by Crippen LogP contribution is -2.29. The molecule has 3 aromatic rings. The van der Waals surface area contributed by atoms with Gasteiger partial charge in [-0.25, -0.2) is 4.39 Å². The van der Waals surface area contributed by atoms with Crippen molar-refractivity contribution in [3.8, 4) is 17.2 Å². The number of rotatable bonds is 5. The van der Waals surface area contributed by atoms with Gasteiger partial charge in [0.05, 0.1) is 24.3 Å². The lowest BCUT2D eigenvalue weighted by Gasteiger charge is -2.26. The number of phenols is 1. The molecule has 0 saturated carbocycles. The Hall–Kier alpha value is -4.54. The van der Waals surface area contributed by atoms with Crippen molar-refractivity contribution in [1.29, 1.82) is 0 Å². The van der Waals surface area contributed by atoms with E-state index in [1.165, 1.54) is 37.4 Å². The molecule has 1 aliphatic heterocycles. The van der Waals surface area contributed by atoms with Gasteiger partial charge >= 0.3 is 6.36 Å². The van der Waals surface area contributed by atoms with E-state index in [0.29, 0.717) is 0 Å². The molecule has 0 radical (unpaired) electrons. The molecule has 2 N–H and O–H groups in total. The fraction of sp³-hybridized carbons (Fsp3) is 0.120. The summed E-state index contributed by atoms with van der Waals surface area (Å²) >= 11 is 0. The van der Waals surface area contributed by atoms with Crippen molar-refractivity contribution in [3.63, 3.8) is 0 Å². The number of aliphatic hydroxyl groups excluding tert-OH is 1. The van der Waals surface area contributed by atoms with Crippen LogP contribution in [-0.4, -0.2) is 35.4 Å². The average molecular weight is 503 g/mol. The predicted octanol–water partition coefficient (Wildman–Crippen LogP) is 5.06. The standard InChI is InChI=1S/C25H17F4NO6/c1-35-19-11-4-14(26)12-18(19)22(32)20-21(13-2-7-16(31)8-3-13)30(24(34)23(20)33)15-5-9-17(10-6-15)36-25(27,28)29/h2-12,21,31-32H,1H3/b22-20+. The van der Waals surface area contributed by atoms with Crippen molar-refractivity contribution in [2.24, 2.45) is 0 Å². The molecule has 4 rings (SSSR count). The van der Waals surface area contributed by atoms with Gasteiger partial charge in [0.2, 0.25) is 0 Å². The molecule has 0 spiro atoms. The van der Waals surface area contributed by atoms with Crippen molar-refractivity contribution in [1.82, 2.24) is 0 Å². The summed E-state index contributed by atoms with van der Waals surface area (Å²) < 4.78 is 60.6. The Kier molecular flexibility index (Phi) is 6.32. The van der Waals surface area contributed by atoms with Crippen LogP contribution in [0.2, 0.25) is 0 Å². The third kappa shape index (κ3) is 4.67. The Bertz CT molecular complexity index is 1350. The second-order valence-electron chi connectivity index (χ2n) is 7.65. The van der Waals surface area contributed by atoms with Gasteiger partial charge in [-0.05, 0) is 60.2 Å². The third-order valence-corrected chi connectivity index (χ3v) is 5.42. The van der Waals surface area contributed by atoms with E-state index in [-0.39, 0.29) is 28.3 Å². The molecule has 11 heteroatoms. The zero-order valence-corrected chi connectivity index (χ0v) is 18.4. The number of ketones is 1. The minimum Gasteiger partial charge on any atom is -0.508 e. The molecule has 0 aromatic heterocycles. The maximum Gasteiger partial charge on any atom is 0.573 e. The molecule has 1 saturated heterocycles. The van der Waals surface area contributed by atoms with Gasteiger partial charge in [0.25, 0.3) is 11.7 Å². The number of halogens is 4. The van der Waals surface area contributed by atoms with Crippen LogP contribution in [0.1, 0.15) is 17.2 Å². The highest BCUT2D eigenvalue weighted by Crippen LogP contribution is 2.44. The van der Waals surface area contributed by atoms with E-state index < -0.39 is 47.0 Å². The quantitative estimate of drug-likeness (QED) is 0.219. The van der Waals surface area contributed by atoms with E-state index in [1.807, 2.05) is 0 Å². The molecule has 7 nitrogen and oxygen atoms in total. The fourth-order valence-corrected chi connectivity index (χ4v) is 3.89. The lowest BCUT2D eigenvalue weighted by atomic mass is 9.94. The summed E-state index contributed by atoms with van der Waals surface area (Å²) in [5.41, 5.74) is -0.298. The van der Waals surface area contributed by atoms with Crippen LogP contribution in [0.15, 0.2) is 72.3 Å². The molecule has 1 fully saturated rings. The SMILES string of the molecule is COc1ccc(F)cc1/C(O)=C1\C(=O)C(=O)N(c2ccc(OC(F)(F)F)cc2)C1c1ccc(O)cc1. The van der Waals surface area contributed by atoms with Crippen molar-refractivity contribution < 1.29 is 46.8 Å². The number of phenolic OH excluding ortho intramolecular Hbond substituents is 1. The molecule has 36 heavy (non-hydrogen) atoms. The highest BCUT2D eigenvalue weighted by molar-refractivity contribution is 6.51. The summed E-state index contributed by atoms with van der Waals surface area (Å²) in [7, 11) is 1.27. The fourth-order valence-electron chi connectivity index (χ4n) is 3.89. The van der Waals surface area contributed by atoms with Gasteiger partial charge in [-0.3, -0.25) is 14.5 Å². The average Bonchev–Trinajstić information content (AvgIpc) is 3.09. The normalized spacial score (nSPS) is 17.4. The van der Waals surface area contributed by atoms with Gasteiger partial charge < -0.3 is 19.7 Å². The van der Waals surface area contributed by atoms with Crippen LogP contribution in [0.25, 0.3) is 5.76 Å². The van der Waals surface area contributed by atoms with Gasteiger partial charge in [-0.1, -0.05) is 12.1 Å². The van der Waals surface area contributed by atoms with Crippen molar-refractivity contribution >= 4 is 23.1 Å². The van der Waals surface area contributed by atoms with Crippen molar-refractivity contribution in [2.75, 3.05) is 12.0 Å². The zero-order chi connectivity index (χ0) is 26.2. The smallest absolute Gasteiger partial charge is 0.508 e. The van der Waals surface area contributed by atoms with E-state index in [1.54, 1.807) is 0 Å². The minimum absolute atomic E-state index is 0.0231. The summed E-state index contributed by atoms with van der Waals surface area (Å²) in [6, 6.07) is 11.6. The molecule has 3 aromatic carbocycles. The van der Waals surface area contributed by atoms with Crippen LogP contribution in [0.3, 0.4) is 0 Å². The molecule has 1 aliphatic rings. The van der Waals surface area contributed by atoms with Gasteiger partial charge in [-0.15, -0.1) is 13.2 Å². The van der Waals surface area contributed by atoms with Crippen LogP contribution in [-0.2, 0) is 9.59 Å². The van der Waals surface area contributed by atoms with Crippen LogP contribution >= 0.6 is 0 Å². The molecule has 186 valence electrons. The Morgan fingerprint density at radius 2 is 1.61 bits per heavy atom. The van der Waals surface area contributed by atoms with E-state index in [4.69, 9.17) is 4.74 Å². The summed E-state index contributed by atoms with van der Waals surface area (Å²) in [5.74, 6) is -4.31. The number of hydrogen-bond donors (Lipinski definition) is 2. The van der Waals surface area contributed by atoms with Gasteiger partial charge in [0.1, 0.15) is 28.8 Å². The van der Waals surface area contributed by atoms with Crippen LogP contribution in [0.4, 0.5) is 23.2 Å². The Morgan fingerprint density at radius 3 is 2.19 bits per heavy atom. The number of nitrogens with zero attached hydrogens (tertiary/aromatic N) is 1. The van der Waals surface area contributed by atoms with E-state index in [9.17, 15) is 37.4 Å². The topological polar surface area (TPSA) is 96.3 Å². The maximum absolute atomic E-state index is 14.0. The van der Waals surface area contributed by atoms with Crippen molar-refractivity contribution in [3.05, 3.63) is 89.2 Å². The lowest BCUT2D eigenvalue weighted by molar-refractivity contribution is -0.274. The number of benzene rings is 3. The van der Waals surface area contributed by atoms with E-state index >= 15 is 0 Å². The Balaban J connectivity index is 1.89. The first-order chi connectivity index (χ1) is 17.0. The molecule has 1 heterocycles. The second-order valence-corrected chi connectivity index (χ2v) is 7.65. The van der Waals surface area contributed by atoms with Crippen LogP contribution in [0, 0.1) is 5.82 Å². The Morgan fingerprint density at radius 1 is 0.972 bits per heavy atom. The second kappa shape index (κ2) is 9.25. The summed E-state index contributed by atoms with van der Waals surface area (Å²) in [5, 5.41) is 20.8. The van der Waals surface area contributed by atoms with Gasteiger partial charge in [0.15, 0.2) is 0 Å². The molecular formula is C25H17F4NO6. The molecular weight excluding hydrogens is 486 g/mol. The number of aromatic hydroxyl groups is 1. The van der Waals surface area contributed by atoms with Gasteiger partial charge in [-0.2, -0.15) is 0 Å². The number of amides is 1. The largest absolute Gasteiger partial charge is 0.573 e. The molecule has 0 aliphatic carbocycles. The molecule has 1 atom stereocenters. The summed E-state index contributed by atoms with van der Waals surface area (Å²) in [6.45, 7) is 0. The highest BCUT2D eigenvalue weighted by atomic mass is 19.4.